The molecule has 0 aromatic carbocycles. The molecule has 1 aromatic heterocycles. The molecule has 0 saturated carbocycles. The van der Waals surface area contributed by atoms with E-state index in [4.69, 9.17) is 10.9 Å². The summed E-state index contributed by atoms with van der Waals surface area (Å²) in [6.45, 7) is 4.31. The van der Waals surface area contributed by atoms with Crippen LogP contribution in [0.2, 0.25) is 0 Å². The number of hydrogen-bond donors (Lipinski definition) is 4. The predicted molar refractivity (Wildman–Crippen MR) is 68.6 cm³/mol. The van der Waals surface area contributed by atoms with Gasteiger partial charge in [0.2, 0.25) is 0 Å². The van der Waals surface area contributed by atoms with Crippen LogP contribution in [0.1, 0.15) is 32.3 Å². The lowest BCUT2D eigenvalue weighted by molar-refractivity contribution is 0.282. The van der Waals surface area contributed by atoms with Crippen molar-refractivity contribution in [3.05, 3.63) is 11.9 Å². The van der Waals surface area contributed by atoms with Crippen LogP contribution in [0.5, 0.6) is 0 Å². The molecular weight excluding hydrogens is 218 g/mol. The minimum absolute atomic E-state index is 0.214. The quantitative estimate of drug-likeness (QED) is 0.417. The smallest absolute Gasteiger partial charge is 0.148 e. The molecule has 1 heterocycles. The standard InChI is InChI=1S/C11H21N5O/c1-3-9-10(13-7-14-11(9)16-12)15-8(2)5-4-6-17/h7-8,17H,3-6,12H2,1-2H3,(H2,13,14,15,16). The van der Waals surface area contributed by atoms with Crippen molar-refractivity contribution < 1.29 is 5.11 Å². The molecule has 0 aliphatic rings. The Bertz CT molecular complexity index is 345. The molecule has 5 N–H and O–H groups in total. The molecule has 6 nitrogen and oxygen atoms in total. The monoisotopic (exact) mass is 239 g/mol. The Hall–Kier alpha value is -1.40. The van der Waals surface area contributed by atoms with Gasteiger partial charge in [0.25, 0.3) is 0 Å². The summed E-state index contributed by atoms with van der Waals surface area (Å²) in [5, 5.41) is 12.1. The summed E-state index contributed by atoms with van der Waals surface area (Å²) in [7, 11) is 0. The second-order valence-corrected chi connectivity index (χ2v) is 3.96. The van der Waals surface area contributed by atoms with Gasteiger partial charge in [-0.1, -0.05) is 6.92 Å². The zero-order valence-electron chi connectivity index (χ0n) is 10.4. The Kier molecular flexibility index (Phi) is 5.65. The number of hydrogen-bond acceptors (Lipinski definition) is 6. The minimum atomic E-state index is 0.214. The van der Waals surface area contributed by atoms with Crippen LogP contribution in [0.4, 0.5) is 11.6 Å². The molecule has 1 aromatic rings. The molecule has 0 bridgehead atoms. The Morgan fingerprint density at radius 3 is 2.71 bits per heavy atom. The summed E-state index contributed by atoms with van der Waals surface area (Å²) >= 11 is 0. The Morgan fingerprint density at radius 1 is 1.41 bits per heavy atom. The van der Waals surface area contributed by atoms with Crippen LogP contribution in [0.3, 0.4) is 0 Å². The normalized spacial score (nSPS) is 12.2. The Morgan fingerprint density at radius 2 is 2.12 bits per heavy atom. The van der Waals surface area contributed by atoms with Crippen LogP contribution in [0.15, 0.2) is 6.33 Å². The van der Waals surface area contributed by atoms with Gasteiger partial charge in [0.05, 0.1) is 0 Å². The number of rotatable bonds is 7. The van der Waals surface area contributed by atoms with E-state index in [1.807, 2.05) is 6.92 Å². The lowest BCUT2D eigenvalue weighted by Crippen LogP contribution is -2.19. The first-order valence-electron chi connectivity index (χ1n) is 5.90. The van der Waals surface area contributed by atoms with Crippen LogP contribution >= 0.6 is 0 Å². The number of hydrazine groups is 1. The fourth-order valence-corrected chi connectivity index (χ4v) is 1.70. The van der Waals surface area contributed by atoms with E-state index in [1.165, 1.54) is 6.33 Å². The van der Waals surface area contributed by atoms with Crippen molar-refractivity contribution in [1.29, 1.82) is 0 Å². The number of aliphatic hydroxyl groups excluding tert-OH is 1. The topological polar surface area (TPSA) is 96.1 Å². The lowest BCUT2D eigenvalue weighted by atomic mass is 10.1. The molecule has 1 unspecified atom stereocenters. The van der Waals surface area contributed by atoms with E-state index in [0.717, 1.165) is 30.6 Å². The Labute approximate surface area is 102 Å². The van der Waals surface area contributed by atoms with E-state index in [1.54, 1.807) is 0 Å². The number of nitrogen functional groups attached to an aromatic ring is 1. The van der Waals surface area contributed by atoms with Gasteiger partial charge >= 0.3 is 0 Å². The van der Waals surface area contributed by atoms with Gasteiger partial charge < -0.3 is 15.8 Å². The summed E-state index contributed by atoms with van der Waals surface area (Å²) < 4.78 is 0. The molecule has 1 atom stereocenters. The van der Waals surface area contributed by atoms with Crippen molar-refractivity contribution in [3.63, 3.8) is 0 Å². The summed E-state index contributed by atoms with van der Waals surface area (Å²) in [4.78, 5) is 8.30. The van der Waals surface area contributed by atoms with Gasteiger partial charge in [0.15, 0.2) is 0 Å². The molecule has 17 heavy (non-hydrogen) atoms. The highest BCUT2D eigenvalue weighted by Gasteiger charge is 2.10. The predicted octanol–water partition coefficient (Wildman–Crippen LogP) is 0.897. The Balaban J connectivity index is 2.75. The number of nitrogens with two attached hydrogens (primary N) is 1. The number of nitrogens with zero attached hydrogens (tertiary/aromatic N) is 2. The molecule has 0 amide bonds. The zero-order chi connectivity index (χ0) is 12.7. The van der Waals surface area contributed by atoms with Crippen LogP contribution in [-0.4, -0.2) is 27.7 Å². The molecular formula is C11H21N5O. The largest absolute Gasteiger partial charge is 0.396 e. The van der Waals surface area contributed by atoms with Crippen molar-refractivity contribution in [2.45, 2.75) is 39.2 Å². The maximum absolute atomic E-state index is 8.78. The van der Waals surface area contributed by atoms with Gasteiger partial charge in [-0.05, 0) is 26.2 Å². The molecule has 6 heteroatoms. The van der Waals surface area contributed by atoms with Crippen LogP contribution in [-0.2, 0) is 6.42 Å². The van der Waals surface area contributed by atoms with E-state index < -0.39 is 0 Å². The van der Waals surface area contributed by atoms with Gasteiger partial charge in [-0.15, -0.1) is 0 Å². The zero-order valence-corrected chi connectivity index (χ0v) is 10.4. The van der Waals surface area contributed by atoms with Crippen molar-refractivity contribution in [2.24, 2.45) is 5.84 Å². The SMILES string of the molecule is CCc1c(NN)ncnc1NC(C)CCCO. The fraction of sp³-hybridized carbons (Fsp3) is 0.636. The van der Waals surface area contributed by atoms with Gasteiger partial charge in [0.1, 0.15) is 18.0 Å². The molecule has 1 rings (SSSR count). The third kappa shape index (κ3) is 3.83. The van der Waals surface area contributed by atoms with E-state index >= 15 is 0 Å². The molecule has 0 fully saturated rings. The first-order valence-corrected chi connectivity index (χ1v) is 5.90. The fourth-order valence-electron chi connectivity index (χ4n) is 1.70. The van der Waals surface area contributed by atoms with Gasteiger partial charge in [-0.25, -0.2) is 15.8 Å². The summed E-state index contributed by atoms with van der Waals surface area (Å²) in [6, 6.07) is 0.257. The van der Waals surface area contributed by atoms with E-state index in [9.17, 15) is 0 Å². The molecule has 0 radical (unpaired) electrons. The highest BCUT2D eigenvalue weighted by molar-refractivity contribution is 5.57. The van der Waals surface area contributed by atoms with Crippen LogP contribution in [0.25, 0.3) is 0 Å². The van der Waals surface area contributed by atoms with Crippen molar-refractivity contribution >= 4 is 11.6 Å². The van der Waals surface area contributed by atoms with E-state index in [-0.39, 0.29) is 12.6 Å². The summed E-state index contributed by atoms with van der Waals surface area (Å²) in [5.41, 5.74) is 3.55. The third-order valence-corrected chi connectivity index (χ3v) is 2.61. The van der Waals surface area contributed by atoms with Gasteiger partial charge in [0, 0.05) is 18.2 Å². The van der Waals surface area contributed by atoms with Gasteiger partial charge in [-0.2, -0.15) is 0 Å². The van der Waals surface area contributed by atoms with E-state index in [0.29, 0.717) is 5.82 Å². The third-order valence-electron chi connectivity index (χ3n) is 2.61. The molecule has 0 aliphatic carbocycles. The number of nitrogens with one attached hydrogen (secondary N) is 2. The second-order valence-electron chi connectivity index (χ2n) is 3.96. The van der Waals surface area contributed by atoms with Crippen molar-refractivity contribution in [1.82, 2.24) is 9.97 Å². The van der Waals surface area contributed by atoms with Gasteiger partial charge in [-0.3, -0.25) is 0 Å². The number of aromatic nitrogens is 2. The lowest BCUT2D eigenvalue weighted by Gasteiger charge is -2.17. The second kappa shape index (κ2) is 7.03. The first kappa shape index (κ1) is 13.7. The average molecular weight is 239 g/mol. The summed E-state index contributed by atoms with van der Waals surface area (Å²) in [6.07, 6.45) is 3.96. The summed E-state index contributed by atoms with van der Waals surface area (Å²) in [5.74, 6) is 6.86. The molecule has 0 saturated heterocycles. The maximum Gasteiger partial charge on any atom is 0.148 e. The maximum atomic E-state index is 8.78. The highest BCUT2D eigenvalue weighted by Crippen LogP contribution is 2.20. The molecule has 96 valence electrons. The minimum Gasteiger partial charge on any atom is -0.396 e. The first-order chi connectivity index (χ1) is 8.22. The number of anilines is 2. The van der Waals surface area contributed by atoms with Crippen molar-refractivity contribution in [3.8, 4) is 0 Å². The van der Waals surface area contributed by atoms with Crippen molar-refractivity contribution in [2.75, 3.05) is 17.3 Å². The van der Waals surface area contributed by atoms with E-state index in [2.05, 4.69) is 27.6 Å². The molecule has 0 spiro atoms. The average Bonchev–Trinajstić information content (AvgIpc) is 2.35. The highest BCUT2D eigenvalue weighted by atomic mass is 16.2. The van der Waals surface area contributed by atoms with Crippen LogP contribution < -0.4 is 16.6 Å². The number of aliphatic hydroxyl groups is 1. The van der Waals surface area contributed by atoms with Crippen LogP contribution in [0, 0.1) is 0 Å². The molecule has 0 aliphatic heterocycles.